The Morgan fingerprint density at radius 3 is 2.57 bits per heavy atom. The number of benzene rings is 1. The van der Waals surface area contributed by atoms with Gasteiger partial charge >= 0.3 is 0 Å². The topological polar surface area (TPSA) is 59.2 Å². The molecule has 0 amide bonds. The first-order valence-corrected chi connectivity index (χ1v) is 7.48. The molecule has 2 heterocycles. The highest BCUT2D eigenvalue weighted by molar-refractivity contribution is 6.33. The van der Waals surface area contributed by atoms with Crippen molar-refractivity contribution >= 4 is 23.6 Å². The van der Waals surface area contributed by atoms with Crippen LogP contribution in [0, 0.1) is 11.6 Å². The molecule has 7 heteroatoms. The van der Waals surface area contributed by atoms with Gasteiger partial charge in [0, 0.05) is 37.0 Å². The van der Waals surface area contributed by atoms with E-state index in [1.807, 2.05) is 4.90 Å². The molecule has 1 aromatic carbocycles. The summed E-state index contributed by atoms with van der Waals surface area (Å²) in [4.78, 5) is 17.3. The summed E-state index contributed by atoms with van der Waals surface area (Å²) in [5, 5.41) is 0.0797. The normalized spacial score (nSPS) is 17.6. The lowest BCUT2D eigenvalue weighted by molar-refractivity contribution is 0.112. The van der Waals surface area contributed by atoms with Crippen LogP contribution < -0.4 is 10.6 Å². The van der Waals surface area contributed by atoms with E-state index in [9.17, 15) is 13.6 Å². The predicted molar refractivity (Wildman–Crippen MR) is 84.8 cm³/mol. The highest BCUT2D eigenvalue weighted by atomic mass is 35.5. The number of halogens is 3. The van der Waals surface area contributed by atoms with Crippen LogP contribution in [0.4, 0.5) is 14.5 Å². The molecule has 1 fully saturated rings. The second-order valence-electron chi connectivity index (χ2n) is 5.50. The molecule has 23 heavy (non-hydrogen) atoms. The summed E-state index contributed by atoms with van der Waals surface area (Å²) in [6.07, 6.45) is 2.77. The van der Waals surface area contributed by atoms with Gasteiger partial charge in [-0.15, -0.1) is 0 Å². The van der Waals surface area contributed by atoms with Crippen LogP contribution in [-0.4, -0.2) is 30.4 Å². The molecule has 0 radical (unpaired) electrons. The second-order valence-corrected chi connectivity index (χ2v) is 5.86. The van der Waals surface area contributed by atoms with Crippen molar-refractivity contribution < 1.29 is 13.6 Å². The zero-order valence-electron chi connectivity index (χ0n) is 12.1. The summed E-state index contributed by atoms with van der Waals surface area (Å²) < 4.78 is 27.2. The van der Waals surface area contributed by atoms with Gasteiger partial charge in [-0.25, -0.2) is 13.8 Å². The first-order valence-electron chi connectivity index (χ1n) is 7.10. The van der Waals surface area contributed by atoms with E-state index in [1.54, 1.807) is 0 Å². The molecule has 0 aliphatic carbocycles. The SMILES string of the molecule is N[C@H]1CCN(c2c(C=O)cnc(Cl)c2-c2cc(F)cc(F)c2)C1. The molecule has 1 aromatic heterocycles. The number of rotatable bonds is 3. The molecule has 0 spiro atoms. The highest BCUT2D eigenvalue weighted by Gasteiger charge is 2.26. The third kappa shape index (κ3) is 3.04. The number of aromatic nitrogens is 1. The molecule has 0 unspecified atom stereocenters. The number of carbonyl (C=O) groups excluding carboxylic acids is 1. The Bertz CT molecular complexity index is 749. The molecular formula is C16H14ClF2N3O. The Morgan fingerprint density at radius 2 is 2.00 bits per heavy atom. The Morgan fingerprint density at radius 1 is 1.30 bits per heavy atom. The van der Waals surface area contributed by atoms with Crippen LogP contribution in [0.1, 0.15) is 16.8 Å². The van der Waals surface area contributed by atoms with Gasteiger partial charge in [-0.2, -0.15) is 0 Å². The lowest BCUT2D eigenvalue weighted by Gasteiger charge is -2.24. The summed E-state index contributed by atoms with van der Waals surface area (Å²) >= 11 is 6.18. The van der Waals surface area contributed by atoms with E-state index in [-0.39, 0.29) is 16.8 Å². The Balaban J connectivity index is 2.24. The second kappa shape index (κ2) is 6.22. The summed E-state index contributed by atoms with van der Waals surface area (Å²) in [6, 6.07) is 3.08. The number of pyridine rings is 1. The van der Waals surface area contributed by atoms with Crippen molar-refractivity contribution in [3.8, 4) is 11.1 Å². The maximum Gasteiger partial charge on any atom is 0.153 e. The zero-order valence-corrected chi connectivity index (χ0v) is 12.9. The molecule has 1 aliphatic rings. The highest BCUT2D eigenvalue weighted by Crippen LogP contribution is 2.39. The third-order valence-corrected chi connectivity index (χ3v) is 4.14. The van der Waals surface area contributed by atoms with Gasteiger partial charge in [-0.1, -0.05) is 11.6 Å². The number of anilines is 1. The fourth-order valence-corrected chi connectivity index (χ4v) is 3.11. The van der Waals surface area contributed by atoms with E-state index in [2.05, 4.69) is 4.98 Å². The van der Waals surface area contributed by atoms with Gasteiger partial charge in [0.1, 0.15) is 16.8 Å². The molecule has 0 bridgehead atoms. The van der Waals surface area contributed by atoms with Crippen molar-refractivity contribution in [2.75, 3.05) is 18.0 Å². The molecule has 2 aromatic rings. The van der Waals surface area contributed by atoms with Gasteiger partial charge in [0.25, 0.3) is 0 Å². The number of hydrogen-bond donors (Lipinski definition) is 1. The van der Waals surface area contributed by atoms with E-state index in [1.165, 1.54) is 18.3 Å². The van der Waals surface area contributed by atoms with E-state index in [4.69, 9.17) is 17.3 Å². The Labute approximate surface area is 136 Å². The van der Waals surface area contributed by atoms with Crippen LogP contribution in [0.5, 0.6) is 0 Å². The molecular weight excluding hydrogens is 324 g/mol. The molecule has 120 valence electrons. The van der Waals surface area contributed by atoms with E-state index in [0.717, 1.165) is 12.5 Å². The van der Waals surface area contributed by atoms with Gasteiger partial charge in [0.15, 0.2) is 6.29 Å². The Hall–Kier alpha value is -2.05. The van der Waals surface area contributed by atoms with Gasteiger partial charge < -0.3 is 10.6 Å². The lowest BCUT2D eigenvalue weighted by atomic mass is 10.0. The quantitative estimate of drug-likeness (QED) is 0.691. The van der Waals surface area contributed by atoms with Gasteiger partial charge in [0.05, 0.1) is 11.3 Å². The van der Waals surface area contributed by atoms with Crippen molar-refractivity contribution in [3.05, 3.63) is 46.7 Å². The van der Waals surface area contributed by atoms with Gasteiger partial charge in [0.2, 0.25) is 0 Å². The van der Waals surface area contributed by atoms with Crippen molar-refractivity contribution in [1.29, 1.82) is 0 Å². The van der Waals surface area contributed by atoms with Gasteiger partial charge in [-0.05, 0) is 24.1 Å². The van der Waals surface area contributed by atoms with Crippen LogP contribution in [-0.2, 0) is 0 Å². The fourth-order valence-electron chi connectivity index (χ4n) is 2.87. The minimum Gasteiger partial charge on any atom is -0.369 e. The molecule has 4 nitrogen and oxygen atoms in total. The summed E-state index contributed by atoms with van der Waals surface area (Å²) in [5.74, 6) is -1.45. The minimum absolute atomic E-state index is 0.0291. The van der Waals surface area contributed by atoms with Crippen LogP contribution >= 0.6 is 11.6 Å². The number of nitrogens with two attached hydrogens (primary N) is 1. The minimum atomic E-state index is -0.725. The van der Waals surface area contributed by atoms with Crippen molar-refractivity contribution in [2.45, 2.75) is 12.5 Å². The molecule has 3 rings (SSSR count). The lowest BCUT2D eigenvalue weighted by Crippen LogP contribution is -2.27. The van der Waals surface area contributed by atoms with Gasteiger partial charge in [-0.3, -0.25) is 4.79 Å². The van der Waals surface area contributed by atoms with Crippen LogP contribution in [0.2, 0.25) is 5.15 Å². The smallest absolute Gasteiger partial charge is 0.153 e. The molecule has 0 saturated carbocycles. The summed E-state index contributed by atoms with van der Waals surface area (Å²) in [5.41, 5.74) is 7.32. The number of hydrogen-bond acceptors (Lipinski definition) is 4. The number of carbonyl (C=O) groups is 1. The van der Waals surface area contributed by atoms with Crippen molar-refractivity contribution in [3.63, 3.8) is 0 Å². The zero-order chi connectivity index (χ0) is 16.6. The van der Waals surface area contributed by atoms with Crippen LogP contribution in [0.15, 0.2) is 24.4 Å². The van der Waals surface area contributed by atoms with E-state index < -0.39 is 11.6 Å². The molecule has 1 atom stereocenters. The van der Waals surface area contributed by atoms with Crippen molar-refractivity contribution in [2.24, 2.45) is 5.73 Å². The molecule has 1 aliphatic heterocycles. The van der Waals surface area contributed by atoms with E-state index >= 15 is 0 Å². The first-order chi connectivity index (χ1) is 11.0. The maximum atomic E-state index is 13.6. The fraction of sp³-hybridized carbons (Fsp3) is 0.250. The summed E-state index contributed by atoms with van der Waals surface area (Å²) in [7, 11) is 0. The maximum absolute atomic E-state index is 13.6. The van der Waals surface area contributed by atoms with E-state index in [0.29, 0.717) is 36.2 Å². The average molecular weight is 338 g/mol. The Kier molecular flexibility index (Phi) is 4.28. The third-order valence-electron chi connectivity index (χ3n) is 3.85. The molecule has 2 N–H and O–H groups in total. The number of aldehydes is 1. The standard InChI is InChI=1S/C16H14ClF2N3O/c17-16-14(9-3-11(18)5-12(19)4-9)15(10(8-23)6-21-16)22-2-1-13(20)7-22/h3-6,8,13H,1-2,7,20H2/t13-/m0/s1. The molecule has 1 saturated heterocycles. The summed E-state index contributed by atoms with van der Waals surface area (Å²) in [6.45, 7) is 1.17. The monoisotopic (exact) mass is 337 g/mol. The first kappa shape index (κ1) is 15.8. The number of nitrogens with zero attached hydrogens (tertiary/aromatic N) is 2. The van der Waals surface area contributed by atoms with Crippen LogP contribution in [0.3, 0.4) is 0 Å². The average Bonchev–Trinajstić information content (AvgIpc) is 2.92. The largest absolute Gasteiger partial charge is 0.369 e. The predicted octanol–water partition coefficient (Wildman–Crippen LogP) is 3.03. The van der Waals surface area contributed by atoms with Crippen LogP contribution in [0.25, 0.3) is 11.1 Å². The van der Waals surface area contributed by atoms with Crippen molar-refractivity contribution in [1.82, 2.24) is 4.98 Å².